The molecule has 4 rings (SSSR count). The summed E-state index contributed by atoms with van der Waals surface area (Å²) in [6.07, 6.45) is 1.54. The van der Waals surface area contributed by atoms with E-state index >= 15 is 0 Å². The smallest absolute Gasteiger partial charge is 0.266 e. The molecular weight excluding hydrogens is 412 g/mol. The largest absolute Gasteiger partial charge is 0.463 e. The van der Waals surface area contributed by atoms with E-state index in [1.54, 1.807) is 37.5 Å². The minimum atomic E-state index is -0.311. The number of hydrogen-bond acceptors (Lipinski definition) is 6. The second-order valence-electron chi connectivity index (χ2n) is 6.89. The Kier molecular flexibility index (Phi) is 5.99. The number of aromatic nitrogens is 2. The monoisotopic (exact) mass is 432 g/mol. The summed E-state index contributed by atoms with van der Waals surface area (Å²) < 4.78 is 6.79. The SMILES string of the molecule is CC(=NNC(=O)CSc1nc2ccccc2c(=O)n1-c1ccc(C)cc1)c1ccco1. The van der Waals surface area contributed by atoms with Crippen LogP contribution in [0.3, 0.4) is 0 Å². The van der Waals surface area contributed by atoms with E-state index in [-0.39, 0.29) is 17.2 Å². The first-order chi connectivity index (χ1) is 15.0. The van der Waals surface area contributed by atoms with Gasteiger partial charge in [-0.3, -0.25) is 14.2 Å². The summed E-state index contributed by atoms with van der Waals surface area (Å²) >= 11 is 1.18. The number of nitrogens with zero attached hydrogens (tertiary/aromatic N) is 3. The van der Waals surface area contributed by atoms with Gasteiger partial charge in [0.1, 0.15) is 11.5 Å². The maximum absolute atomic E-state index is 13.2. The van der Waals surface area contributed by atoms with Crippen molar-refractivity contribution >= 4 is 34.3 Å². The van der Waals surface area contributed by atoms with E-state index in [0.29, 0.717) is 33.2 Å². The molecule has 1 amide bonds. The fourth-order valence-electron chi connectivity index (χ4n) is 2.98. The zero-order chi connectivity index (χ0) is 21.8. The number of rotatable bonds is 6. The molecule has 7 nitrogen and oxygen atoms in total. The van der Waals surface area contributed by atoms with Crippen molar-refractivity contribution in [3.05, 3.63) is 88.6 Å². The first kappa shape index (κ1) is 20.6. The molecule has 0 saturated heterocycles. The van der Waals surface area contributed by atoms with Crippen LogP contribution >= 0.6 is 11.8 Å². The molecule has 0 unspecified atom stereocenters. The molecule has 0 aliphatic carbocycles. The zero-order valence-electron chi connectivity index (χ0n) is 17.0. The van der Waals surface area contributed by atoms with Gasteiger partial charge in [-0.2, -0.15) is 5.10 Å². The Hall–Kier alpha value is -3.65. The van der Waals surface area contributed by atoms with Crippen LogP contribution in [0.2, 0.25) is 0 Å². The van der Waals surface area contributed by atoms with Gasteiger partial charge in [-0.25, -0.2) is 10.4 Å². The van der Waals surface area contributed by atoms with E-state index in [4.69, 9.17) is 4.42 Å². The molecule has 31 heavy (non-hydrogen) atoms. The van der Waals surface area contributed by atoms with E-state index < -0.39 is 0 Å². The molecule has 1 N–H and O–H groups in total. The van der Waals surface area contributed by atoms with Crippen molar-refractivity contribution in [1.82, 2.24) is 15.0 Å². The molecule has 4 aromatic rings. The molecule has 0 radical (unpaired) electrons. The van der Waals surface area contributed by atoms with Gasteiger partial charge in [-0.05, 0) is 50.2 Å². The fraction of sp³-hybridized carbons (Fsp3) is 0.130. The molecule has 2 aromatic carbocycles. The summed E-state index contributed by atoms with van der Waals surface area (Å²) in [6.45, 7) is 3.72. The van der Waals surface area contributed by atoms with E-state index in [9.17, 15) is 9.59 Å². The van der Waals surface area contributed by atoms with Crippen LogP contribution in [-0.2, 0) is 4.79 Å². The molecule has 0 aliphatic heterocycles. The highest BCUT2D eigenvalue weighted by Crippen LogP contribution is 2.21. The second-order valence-corrected chi connectivity index (χ2v) is 7.83. The van der Waals surface area contributed by atoms with E-state index in [0.717, 1.165) is 5.56 Å². The average Bonchev–Trinajstić information content (AvgIpc) is 3.32. The van der Waals surface area contributed by atoms with Crippen LogP contribution in [0.15, 0.2) is 86.4 Å². The molecular formula is C23H20N4O3S. The predicted octanol–water partition coefficient (Wildman–Crippen LogP) is 3.92. The Morgan fingerprint density at radius 1 is 1.13 bits per heavy atom. The maximum Gasteiger partial charge on any atom is 0.266 e. The van der Waals surface area contributed by atoms with Crippen molar-refractivity contribution in [2.45, 2.75) is 19.0 Å². The van der Waals surface area contributed by atoms with Gasteiger partial charge in [-0.1, -0.05) is 41.6 Å². The van der Waals surface area contributed by atoms with Gasteiger partial charge in [0.25, 0.3) is 11.5 Å². The summed E-state index contributed by atoms with van der Waals surface area (Å²) in [6, 6.07) is 18.3. The first-order valence-electron chi connectivity index (χ1n) is 9.61. The van der Waals surface area contributed by atoms with Gasteiger partial charge in [0.2, 0.25) is 0 Å². The number of amides is 1. The molecule has 156 valence electrons. The Bertz CT molecular complexity index is 1310. The predicted molar refractivity (Wildman–Crippen MR) is 122 cm³/mol. The minimum absolute atomic E-state index is 0.0472. The summed E-state index contributed by atoms with van der Waals surface area (Å²) in [5.41, 5.74) is 5.27. The lowest BCUT2D eigenvalue weighted by molar-refractivity contribution is -0.118. The van der Waals surface area contributed by atoms with Gasteiger partial charge < -0.3 is 4.42 Å². The number of carbonyl (C=O) groups is 1. The van der Waals surface area contributed by atoms with Crippen molar-refractivity contribution in [3.8, 4) is 5.69 Å². The number of hydrazone groups is 1. The lowest BCUT2D eigenvalue weighted by Gasteiger charge is -2.13. The standard InChI is InChI=1S/C23H20N4O3S/c1-15-9-11-17(12-10-15)27-22(29)18-6-3-4-7-19(18)24-23(27)31-14-21(28)26-25-16(2)20-8-5-13-30-20/h3-13H,14H2,1-2H3,(H,26,28). The maximum atomic E-state index is 13.2. The van der Waals surface area contributed by atoms with Gasteiger partial charge >= 0.3 is 0 Å². The van der Waals surface area contributed by atoms with E-state index in [1.807, 2.05) is 43.3 Å². The molecule has 2 heterocycles. The number of fused-ring (bicyclic) bond motifs is 1. The molecule has 0 atom stereocenters. The van der Waals surface area contributed by atoms with Crippen LogP contribution in [0.4, 0.5) is 0 Å². The molecule has 0 aliphatic rings. The topological polar surface area (TPSA) is 89.5 Å². The van der Waals surface area contributed by atoms with Gasteiger partial charge in [0, 0.05) is 0 Å². The average molecular weight is 433 g/mol. The Morgan fingerprint density at radius 2 is 1.90 bits per heavy atom. The lowest BCUT2D eigenvalue weighted by Crippen LogP contribution is -2.24. The number of para-hydroxylation sites is 1. The number of nitrogens with one attached hydrogen (secondary N) is 1. The number of aryl methyl sites for hydroxylation is 1. The van der Waals surface area contributed by atoms with Crippen LogP contribution < -0.4 is 11.0 Å². The number of carbonyl (C=O) groups excluding carboxylic acids is 1. The highest BCUT2D eigenvalue weighted by molar-refractivity contribution is 7.99. The van der Waals surface area contributed by atoms with Gasteiger partial charge in [-0.15, -0.1) is 0 Å². The summed E-state index contributed by atoms with van der Waals surface area (Å²) in [4.78, 5) is 30.2. The Morgan fingerprint density at radius 3 is 2.65 bits per heavy atom. The molecule has 0 spiro atoms. The fourth-order valence-corrected chi connectivity index (χ4v) is 3.78. The highest BCUT2D eigenvalue weighted by Gasteiger charge is 2.15. The number of benzene rings is 2. The number of hydrogen-bond donors (Lipinski definition) is 1. The lowest BCUT2D eigenvalue weighted by atomic mass is 10.2. The Labute approximate surface area is 182 Å². The zero-order valence-corrected chi connectivity index (χ0v) is 17.8. The van der Waals surface area contributed by atoms with Crippen LogP contribution in [0, 0.1) is 6.92 Å². The van der Waals surface area contributed by atoms with E-state index in [1.165, 1.54) is 16.3 Å². The summed E-state index contributed by atoms with van der Waals surface area (Å²) in [5.74, 6) is 0.317. The van der Waals surface area contributed by atoms with Crippen LogP contribution in [-0.4, -0.2) is 26.9 Å². The molecule has 0 bridgehead atoms. The van der Waals surface area contributed by atoms with Crippen LogP contribution in [0.1, 0.15) is 18.2 Å². The quantitative estimate of drug-likeness (QED) is 0.216. The number of thioether (sulfide) groups is 1. The molecule has 0 saturated carbocycles. The minimum Gasteiger partial charge on any atom is -0.463 e. The normalized spacial score (nSPS) is 11.6. The number of furan rings is 1. The van der Waals surface area contributed by atoms with Crippen molar-refractivity contribution in [3.63, 3.8) is 0 Å². The van der Waals surface area contributed by atoms with Crippen molar-refractivity contribution < 1.29 is 9.21 Å². The molecule has 0 fully saturated rings. The Balaban J connectivity index is 1.61. The van der Waals surface area contributed by atoms with Gasteiger partial charge in [0.05, 0.1) is 28.6 Å². The summed E-state index contributed by atoms with van der Waals surface area (Å²) in [5, 5.41) is 5.02. The summed E-state index contributed by atoms with van der Waals surface area (Å²) in [7, 11) is 0. The third kappa shape index (κ3) is 4.59. The molecule has 8 heteroatoms. The third-order valence-electron chi connectivity index (χ3n) is 4.60. The van der Waals surface area contributed by atoms with Crippen molar-refractivity contribution in [2.75, 3.05) is 5.75 Å². The van der Waals surface area contributed by atoms with Crippen LogP contribution in [0.5, 0.6) is 0 Å². The third-order valence-corrected chi connectivity index (χ3v) is 5.53. The van der Waals surface area contributed by atoms with Gasteiger partial charge in [0.15, 0.2) is 5.16 Å². The van der Waals surface area contributed by atoms with Crippen LogP contribution in [0.25, 0.3) is 16.6 Å². The molecule has 2 aromatic heterocycles. The highest BCUT2D eigenvalue weighted by atomic mass is 32.2. The van der Waals surface area contributed by atoms with E-state index in [2.05, 4.69) is 15.5 Å². The second kappa shape index (κ2) is 9.01. The van der Waals surface area contributed by atoms with Crippen molar-refractivity contribution in [2.24, 2.45) is 5.10 Å². The first-order valence-corrected chi connectivity index (χ1v) is 10.6. The van der Waals surface area contributed by atoms with Crippen molar-refractivity contribution in [1.29, 1.82) is 0 Å².